The lowest BCUT2D eigenvalue weighted by Gasteiger charge is -2.07. The molecule has 4 aromatic rings. The molecule has 0 unspecified atom stereocenters. The molecule has 0 atom stereocenters. The molecular weight excluding hydrogens is 308 g/mol. The summed E-state index contributed by atoms with van der Waals surface area (Å²) in [6.45, 7) is 2.06. The lowest BCUT2D eigenvalue weighted by Crippen LogP contribution is -1.95. The fourth-order valence-electron chi connectivity index (χ4n) is 3.00. The monoisotopic (exact) mass is 320 g/mol. The van der Waals surface area contributed by atoms with Gasteiger partial charge in [-0.2, -0.15) is 5.26 Å². The maximum Gasteiger partial charge on any atom is 0.111 e. The van der Waals surface area contributed by atoms with Crippen molar-refractivity contribution in [1.82, 2.24) is 15.0 Å². The average molecular weight is 321 g/mol. The van der Waals surface area contributed by atoms with Crippen molar-refractivity contribution in [3.8, 4) is 6.07 Å². The molecule has 2 aromatic carbocycles. The first-order valence-electron chi connectivity index (χ1n) is 7.29. The summed E-state index contributed by atoms with van der Waals surface area (Å²) >= 11 is 6.29. The number of hydrogen-bond acceptors (Lipinski definition) is 2. The van der Waals surface area contributed by atoms with E-state index in [1.54, 1.807) is 6.07 Å². The zero-order valence-electron chi connectivity index (χ0n) is 12.4. The Kier molecular flexibility index (Phi) is 3.10. The Hall–Kier alpha value is -2.77. The van der Waals surface area contributed by atoms with Crippen LogP contribution >= 0.6 is 11.6 Å². The van der Waals surface area contributed by atoms with Crippen molar-refractivity contribution >= 4 is 33.5 Å². The van der Waals surface area contributed by atoms with Crippen molar-refractivity contribution in [2.24, 2.45) is 0 Å². The van der Waals surface area contributed by atoms with E-state index in [1.807, 2.05) is 30.5 Å². The number of hydrogen-bond donors (Lipinski definition) is 2. The van der Waals surface area contributed by atoms with Crippen LogP contribution in [-0.2, 0) is 6.42 Å². The van der Waals surface area contributed by atoms with Gasteiger partial charge in [-0.05, 0) is 48.4 Å². The molecule has 4 nitrogen and oxygen atoms in total. The summed E-state index contributed by atoms with van der Waals surface area (Å²) in [6, 6.07) is 11.6. The zero-order valence-corrected chi connectivity index (χ0v) is 13.2. The zero-order chi connectivity index (χ0) is 16.0. The Morgan fingerprint density at radius 2 is 2.13 bits per heavy atom. The first kappa shape index (κ1) is 13.9. The predicted octanol–water partition coefficient (Wildman–Crippen LogP) is 4.47. The van der Waals surface area contributed by atoms with E-state index in [4.69, 9.17) is 16.9 Å². The van der Waals surface area contributed by atoms with Gasteiger partial charge in [-0.3, -0.25) is 0 Å². The van der Waals surface area contributed by atoms with Gasteiger partial charge in [0.25, 0.3) is 0 Å². The molecule has 0 aliphatic rings. The van der Waals surface area contributed by atoms with Gasteiger partial charge in [-0.25, -0.2) is 4.98 Å². The fraction of sp³-hybridized carbons (Fsp3) is 0.111. The highest BCUT2D eigenvalue weighted by molar-refractivity contribution is 6.35. The highest BCUT2D eigenvalue weighted by Gasteiger charge is 2.12. The largest absolute Gasteiger partial charge is 0.360 e. The summed E-state index contributed by atoms with van der Waals surface area (Å²) in [5, 5.41) is 10.8. The van der Waals surface area contributed by atoms with Crippen LogP contribution in [0.4, 0.5) is 0 Å². The number of aryl methyl sites for hydroxylation is 1. The van der Waals surface area contributed by atoms with E-state index in [9.17, 15) is 0 Å². The van der Waals surface area contributed by atoms with Crippen LogP contribution in [0.1, 0.15) is 22.5 Å². The van der Waals surface area contributed by atoms with Gasteiger partial charge in [0.05, 0.1) is 33.2 Å². The first-order chi connectivity index (χ1) is 11.2. The summed E-state index contributed by atoms with van der Waals surface area (Å²) < 4.78 is 0. The van der Waals surface area contributed by atoms with E-state index in [1.165, 1.54) is 5.56 Å². The number of nitrogens with zero attached hydrogens (tertiary/aromatic N) is 2. The topological polar surface area (TPSA) is 68.3 Å². The Morgan fingerprint density at radius 3 is 2.96 bits per heavy atom. The molecule has 23 heavy (non-hydrogen) atoms. The van der Waals surface area contributed by atoms with E-state index in [-0.39, 0.29) is 0 Å². The Labute approximate surface area is 137 Å². The Bertz CT molecular complexity index is 1080. The second-order valence-electron chi connectivity index (χ2n) is 5.62. The van der Waals surface area contributed by atoms with Gasteiger partial charge in [-0.15, -0.1) is 0 Å². The summed E-state index contributed by atoms with van der Waals surface area (Å²) in [6.07, 6.45) is 2.59. The minimum atomic E-state index is 0.628. The number of nitriles is 1. The van der Waals surface area contributed by atoms with Crippen molar-refractivity contribution in [2.75, 3.05) is 0 Å². The lowest BCUT2D eigenvalue weighted by molar-refractivity contribution is 1.04. The Morgan fingerprint density at radius 1 is 1.26 bits per heavy atom. The minimum Gasteiger partial charge on any atom is -0.360 e. The van der Waals surface area contributed by atoms with E-state index < -0.39 is 0 Å². The number of aromatic amines is 2. The average Bonchev–Trinajstić information content (AvgIpc) is 3.17. The number of imidazole rings is 1. The highest BCUT2D eigenvalue weighted by atomic mass is 35.5. The minimum absolute atomic E-state index is 0.628. The smallest absolute Gasteiger partial charge is 0.111 e. The van der Waals surface area contributed by atoms with Crippen molar-refractivity contribution in [2.45, 2.75) is 13.3 Å². The molecule has 0 fully saturated rings. The van der Waals surface area contributed by atoms with E-state index >= 15 is 0 Å². The number of nitrogens with one attached hydrogen (secondary N) is 2. The molecule has 0 aliphatic heterocycles. The molecule has 0 saturated carbocycles. The van der Waals surface area contributed by atoms with Crippen LogP contribution in [-0.4, -0.2) is 15.0 Å². The number of rotatable bonds is 2. The van der Waals surface area contributed by atoms with E-state index in [2.05, 4.69) is 27.9 Å². The normalized spacial score (nSPS) is 11.2. The third-order valence-electron chi connectivity index (χ3n) is 4.13. The van der Waals surface area contributed by atoms with Crippen molar-refractivity contribution in [3.63, 3.8) is 0 Å². The fourth-order valence-corrected chi connectivity index (χ4v) is 3.32. The van der Waals surface area contributed by atoms with Crippen molar-refractivity contribution in [3.05, 3.63) is 64.1 Å². The summed E-state index contributed by atoms with van der Waals surface area (Å²) in [5.41, 5.74) is 5.68. The summed E-state index contributed by atoms with van der Waals surface area (Å²) in [4.78, 5) is 11.1. The molecule has 0 saturated heterocycles. The molecule has 0 amide bonds. The molecular formula is C18H13ClN4. The molecule has 0 aliphatic carbocycles. The number of halogens is 1. The van der Waals surface area contributed by atoms with E-state index in [0.717, 1.165) is 38.3 Å². The predicted molar refractivity (Wildman–Crippen MR) is 91.7 cm³/mol. The second-order valence-corrected chi connectivity index (χ2v) is 6.03. The van der Waals surface area contributed by atoms with Gasteiger partial charge in [-0.1, -0.05) is 11.6 Å². The van der Waals surface area contributed by atoms with Gasteiger partial charge in [0.2, 0.25) is 0 Å². The molecule has 2 N–H and O–H groups in total. The van der Waals surface area contributed by atoms with Gasteiger partial charge < -0.3 is 9.97 Å². The maximum atomic E-state index is 9.00. The number of H-pyrrole nitrogens is 2. The molecule has 112 valence electrons. The second kappa shape index (κ2) is 5.15. The molecule has 0 radical (unpaired) electrons. The van der Waals surface area contributed by atoms with Crippen LogP contribution in [0.15, 0.2) is 36.5 Å². The number of fused-ring (bicyclic) bond motifs is 2. The molecule has 4 rings (SSSR count). The van der Waals surface area contributed by atoms with Crippen LogP contribution in [0.5, 0.6) is 0 Å². The van der Waals surface area contributed by atoms with Crippen LogP contribution in [0.3, 0.4) is 0 Å². The number of aromatic nitrogens is 3. The van der Waals surface area contributed by atoms with Crippen LogP contribution < -0.4 is 0 Å². The Balaban J connectivity index is 1.82. The van der Waals surface area contributed by atoms with E-state index in [0.29, 0.717) is 12.0 Å². The van der Waals surface area contributed by atoms with Crippen LogP contribution in [0, 0.1) is 18.3 Å². The van der Waals surface area contributed by atoms with Gasteiger partial charge in [0.15, 0.2) is 0 Å². The standard InChI is InChI=1S/C18H13ClN4/c1-10-6-14(19)18-12(4-5-21-18)13(10)8-17-22-15-3-2-11(9-20)7-16(15)23-17/h2-7,21H,8H2,1H3,(H,22,23). The van der Waals surface area contributed by atoms with Crippen molar-refractivity contribution < 1.29 is 0 Å². The molecule has 0 spiro atoms. The summed E-state index contributed by atoms with van der Waals surface area (Å²) in [5.74, 6) is 0.878. The molecule has 0 bridgehead atoms. The van der Waals surface area contributed by atoms with Gasteiger partial charge >= 0.3 is 0 Å². The third kappa shape index (κ3) is 2.26. The molecule has 2 aromatic heterocycles. The van der Waals surface area contributed by atoms with Crippen LogP contribution in [0.2, 0.25) is 5.02 Å². The third-order valence-corrected chi connectivity index (χ3v) is 4.43. The highest BCUT2D eigenvalue weighted by Crippen LogP contribution is 2.30. The quantitative estimate of drug-likeness (QED) is 0.572. The maximum absolute atomic E-state index is 9.00. The summed E-state index contributed by atoms with van der Waals surface area (Å²) in [7, 11) is 0. The SMILES string of the molecule is Cc1cc(Cl)c2[nH]ccc2c1Cc1nc2ccc(C#N)cc2[nH]1. The molecule has 5 heteroatoms. The number of benzene rings is 2. The van der Waals surface area contributed by atoms with Crippen molar-refractivity contribution in [1.29, 1.82) is 5.26 Å². The lowest BCUT2D eigenvalue weighted by atomic mass is 10.0. The van der Waals surface area contributed by atoms with Gasteiger partial charge in [0.1, 0.15) is 5.82 Å². The first-order valence-corrected chi connectivity index (χ1v) is 7.67. The molecule has 2 heterocycles. The van der Waals surface area contributed by atoms with Gasteiger partial charge in [0, 0.05) is 18.0 Å². The van der Waals surface area contributed by atoms with Crippen LogP contribution in [0.25, 0.3) is 21.9 Å².